The van der Waals surface area contributed by atoms with Crippen LogP contribution in [0.1, 0.15) is 17.0 Å². The van der Waals surface area contributed by atoms with Crippen molar-refractivity contribution in [1.82, 2.24) is 24.9 Å². The topological polar surface area (TPSA) is 45.6 Å². The van der Waals surface area contributed by atoms with E-state index in [1.165, 1.54) is 11.3 Å². The van der Waals surface area contributed by atoms with E-state index >= 15 is 0 Å². The van der Waals surface area contributed by atoms with Gasteiger partial charge in [0.1, 0.15) is 0 Å². The molecule has 7 heteroatoms. The number of aryl methyl sites for hydroxylation is 2. The highest BCUT2D eigenvalue weighted by Crippen LogP contribution is 2.16. The fraction of sp³-hybridized carbons (Fsp3) is 0.733. The predicted molar refractivity (Wildman–Crippen MR) is 92.0 cm³/mol. The molecule has 22 heavy (non-hydrogen) atoms. The quantitative estimate of drug-likeness (QED) is 0.634. The Morgan fingerprint density at radius 2 is 1.95 bits per heavy atom. The lowest BCUT2D eigenvalue weighted by Gasteiger charge is -2.36. The van der Waals surface area contributed by atoms with Crippen molar-refractivity contribution in [2.45, 2.75) is 20.4 Å². The minimum absolute atomic E-state index is 0.680. The average Bonchev–Trinajstić information content (AvgIpc) is 2.74. The molecular weight excluding hydrogens is 298 g/mol. The number of hydrogen-bond donors (Lipinski definition) is 1. The van der Waals surface area contributed by atoms with Crippen LogP contribution in [0.5, 0.6) is 0 Å². The molecule has 1 aliphatic rings. The van der Waals surface area contributed by atoms with Gasteiger partial charge in [-0.05, 0) is 26.1 Å². The van der Waals surface area contributed by atoms with Crippen LogP contribution >= 0.6 is 12.2 Å². The molecule has 2 heterocycles. The lowest BCUT2D eigenvalue weighted by atomic mass is 10.1. The number of thiocarbonyl (C=S) groups is 1. The molecule has 0 bridgehead atoms. The Morgan fingerprint density at radius 3 is 2.50 bits per heavy atom. The smallest absolute Gasteiger partial charge is 0.169 e. The van der Waals surface area contributed by atoms with Crippen LogP contribution in [0.15, 0.2) is 0 Å². The molecule has 0 saturated carbocycles. The standard InChI is InChI=1S/C15H27N5OS/c1-12-14(13(2)18(3)17-12)11-19-6-8-20(9-7-19)15(22)16-5-10-21-4/h5-11H2,1-4H3,(H,16,22). The van der Waals surface area contributed by atoms with E-state index in [1.807, 2.05) is 11.7 Å². The summed E-state index contributed by atoms with van der Waals surface area (Å²) in [5.41, 5.74) is 3.76. The molecule has 0 aromatic carbocycles. The molecule has 2 rings (SSSR count). The molecule has 1 saturated heterocycles. The monoisotopic (exact) mass is 325 g/mol. The first-order chi connectivity index (χ1) is 10.5. The second-order valence-corrected chi connectivity index (χ2v) is 6.15. The fourth-order valence-electron chi connectivity index (χ4n) is 2.75. The Hall–Kier alpha value is -1.18. The number of hydrogen-bond acceptors (Lipinski definition) is 4. The zero-order valence-corrected chi connectivity index (χ0v) is 14.9. The summed E-state index contributed by atoms with van der Waals surface area (Å²) in [7, 11) is 3.71. The molecule has 124 valence electrons. The van der Waals surface area contributed by atoms with Crippen molar-refractivity contribution in [3.63, 3.8) is 0 Å². The van der Waals surface area contributed by atoms with Crippen molar-refractivity contribution in [3.05, 3.63) is 17.0 Å². The van der Waals surface area contributed by atoms with Gasteiger partial charge in [0.25, 0.3) is 0 Å². The average molecular weight is 325 g/mol. The van der Waals surface area contributed by atoms with Crippen LogP contribution in [0.3, 0.4) is 0 Å². The van der Waals surface area contributed by atoms with E-state index in [9.17, 15) is 0 Å². The Kier molecular flexibility index (Phi) is 6.16. The molecule has 1 aliphatic heterocycles. The van der Waals surface area contributed by atoms with Crippen LogP contribution in [-0.4, -0.2) is 71.1 Å². The maximum atomic E-state index is 5.43. The lowest BCUT2D eigenvalue weighted by molar-refractivity contribution is 0.171. The predicted octanol–water partition coefficient (Wildman–Crippen LogP) is 0.675. The van der Waals surface area contributed by atoms with Gasteiger partial charge < -0.3 is 15.0 Å². The third kappa shape index (κ3) is 4.18. The van der Waals surface area contributed by atoms with Crippen molar-refractivity contribution in [2.24, 2.45) is 7.05 Å². The first-order valence-corrected chi connectivity index (χ1v) is 8.17. The number of methoxy groups -OCH3 is 1. The lowest BCUT2D eigenvalue weighted by Crippen LogP contribution is -2.51. The number of aromatic nitrogens is 2. The number of ether oxygens (including phenoxy) is 1. The molecule has 6 nitrogen and oxygen atoms in total. The minimum Gasteiger partial charge on any atom is -0.383 e. The summed E-state index contributed by atoms with van der Waals surface area (Å²) in [6.07, 6.45) is 0. The molecule has 1 fully saturated rings. The van der Waals surface area contributed by atoms with Gasteiger partial charge in [0, 0.05) is 64.7 Å². The molecule has 0 atom stereocenters. The number of nitrogens with one attached hydrogen (secondary N) is 1. The van der Waals surface area contributed by atoms with Gasteiger partial charge in [-0.15, -0.1) is 0 Å². The van der Waals surface area contributed by atoms with Crippen molar-refractivity contribution < 1.29 is 4.74 Å². The van der Waals surface area contributed by atoms with Crippen LogP contribution in [-0.2, 0) is 18.3 Å². The Balaban J connectivity index is 1.81. The second-order valence-electron chi connectivity index (χ2n) is 5.76. The summed E-state index contributed by atoms with van der Waals surface area (Å²) >= 11 is 5.43. The van der Waals surface area contributed by atoms with Crippen LogP contribution in [0.25, 0.3) is 0 Å². The molecule has 0 spiro atoms. The van der Waals surface area contributed by atoms with Crippen molar-refractivity contribution in [1.29, 1.82) is 0 Å². The summed E-state index contributed by atoms with van der Waals surface area (Å²) < 4.78 is 7.00. The maximum Gasteiger partial charge on any atom is 0.169 e. The van der Waals surface area contributed by atoms with E-state index in [2.05, 4.69) is 34.1 Å². The largest absolute Gasteiger partial charge is 0.383 e. The molecule has 0 radical (unpaired) electrons. The van der Waals surface area contributed by atoms with Gasteiger partial charge in [-0.25, -0.2) is 0 Å². The van der Waals surface area contributed by atoms with Gasteiger partial charge in [-0.2, -0.15) is 5.10 Å². The Morgan fingerprint density at radius 1 is 1.27 bits per heavy atom. The Labute approximate surface area is 138 Å². The normalized spacial score (nSPS) is 16.1. The molecule has 1 aromatic heterocycles. The molecule has 1 aromatic rings. The second kappa shape index (κ2) is 7.89. The summed E-state index contributed by atoms with van der Waals surface area (Å²) in [6.45, 7) is 10.6. The van der Waals surface area contributed by atoms with Gasteiger partial charge in [0.15, 0.2) is 5.11 Å². The van der Waals surface area contributed by atoms with Gasteiger partial charge in [0.2, 0.25) is 0 Å². The van der Waals surface area contributed by atoms with Gasteiger partial charge in [0.05, 0.1) is 12.3 Å². The zero-order chi connectivity index (χ0) is 16.1. The van der Waals surface area contributed by atoms with Gasteiger partial charge >= 0.3 is 0 Å². The van der Waals surface area contributed by atoms with E-state index in [0.29, 0.717) is 6.61 Å². The molecular formula is C15H27N5OS. The van der Waals surface area contributed by atoms with Crippen LogP contribution in [0.4, 0.5) is 0 Å². The van der Waals surface area contributed by atoms with Crippen LogP contribution in [0.2, 0.25) is 0 Å². The zero-order valence-electron chi connectivity index (χ0n) is 14.1. The highest BCUT2D eigenvalue weighted by atomic mass is 32.1. The van der Waals surface area contributed by atoms with E-state index in [0.717, 1.165) is 50.1 Å². The SMILES string of the molecule is COCCNC(=S)N1CCN(Cc2c(C)nn(C)c2C)CC1. The van der Waals surface area contributed by atoms with Crippen molar-refractivity contribution in [2.75, 3.05) is 46.4 Å². The van der Waals surface area contributed by atoms with Crippen molar-refractivity contribution >= 4 is 17.3 Å². The summed E-state index contributed by atoms with van der Waals surface area (Å²) in [5, 5.41) is 8.58. The summed E-state index contributed by atoms with van der Waals surface area (Å²) in [4.78, 5) is 4.72. The van der Waals surface area contributed by atoms with E-state index in [1.54, 1.807) is 7.11 Å². The number of rotatable bonds is 5. The third-order valence-electron chi connectivity index (χ3n) is 4.28. The highest BCUT2D eigenvalue weighted by molar-refractivity contribution is 7.80. The molecule has 0 amide bonds. The number of nitrogens with zero attached hydrogens (tertiary/aromatic N) is 4. The molecule has 0 unspecified atom stereocenters. The van der Waals surface area contributed by atoms with Gasteiger partial charge in [-0.1, -0.05) is 0 Å². The first kappa shape index (κ1) is 17.2. The molecule has 0 aliphatic carbocycles. The summed E-state index contributed by atoms with van der Waals surface area (Å²) in [6, 6.07) is 0. The van der Waals surface area contributed by atoms with E-state index < -0.39 is 0 Å². The third-order valence-corrected chi connectivity index (χ3v) is 4.69. The summed E-state index contributed by atoms with van der Waals surface area (Å²) in [5.74, 6) is 0. The van der Waals surface area contributed by atoms with Crippen LogP contribution < -0.4 is 5.32 Å². The van der Waals surface area contributed by atoms with E-state index in [-0.39, 0.29) is 0 Å². The number of piperazine rings is 1. The Bertz CT molecular complexity index is 508. The van der Waals surface area contributed by atoms with Crippen LogP contribution in [0, 0.1) is 13.8 Å². The fourth-order valence-corrected chi connectivity index (χ4v) is 3.04. The highest BCUT2D eigenvalue weighted by Gasteiger charge is 2.20. The maximum absolute atomic E-state index is 5.43. The van der Waals surface area contributed by atoms with Gasteiger partial charge in [-0.3, -0.25) is 9.58 Å². The van der Waals surface area contributed by atoms with E-state index in [4.69, 9.17) is 17.0 Å². The van der Waals surface area contributed by atoms with Crippen molar-refractivity contribution in [3.8, 4) is 0 Å². The molecule has 1 N–H and O–H groups in total. The minimum atomic E-state index is 0.680. The first-order valence-electron chi connectivity index (χ1n) is 7.76.